The molecule has 0 spiro atoms. The van der Waals surface area contributed by atoms with Crippen molar-refractivity contribution in [2.24, 2.45) is 13.0 Å². The maximum absolute atomic E-state index is 13.6. The van der Waals surface area contributed by atoms with Gasteiger partial charge in [0.1, 0.15) is 17.4 Å². The van der Waals surface area contributed by atoms with Crippen LogP contribution in [0.25, 0.3) is 11.3 Å². The van der Waals surface area contributed by atoms with Crippen molar-refractivity contribution >= 4 is 5.97 Å². The molecule has 2 aromatic heterocycles. The number of carboxylic acids is 1. The minimum Gasteiger partial charge on any atom is -0.481 e. The Morgan fingerprint density at radius 1 is 1.39 bits per heavy atom. The molecule has 2 N–H and O–H groups in total. The number of ether oxygens (including phenoxy) is 1. The fourth-order valence-corrected chi connectivity index (χ4v) is 3.29. The molecule has 1 aliphatic rings. The Morgan fingerprint density at radius 3 is 2.79 bits per heavy atom. The van der Waals surface area contributed by atoms with Gasteiger partial charge in [0.05, 0.1) is 18.2 Å². The predicted octanol–water partition coefficient (Wildman–Crippen LogP) is 2.41. The van der Waals surface area contributed by atoms with Crippen molar-refractivity contribution in [1.82, 2.24) is 20.0 Å². The predicted molar refractivity (Wildman–Crippen MR) is 89.2 cm³/mol. The van der Waals surface area contributed by atoms with E-state index in [1.54, 1.807) is 0 Å². The van der Waals surface area contributed by atoms with Crippen LogP contribution in [0.1, 0.15) is 36.9 Å². The van der Waals surface area contributed by atoms with Crippen molar-refractivity contribution in [3.05, 3.63) is 23.5 Å². The number of rotatable bonds is 5. The zero-order valence-electron chi connectivity index (χ0n) is 15.0. The number of aryl methyl sites for hydroxylation is 1. The third kappa shape index (κ3) is 4.08. The Hall–Kier alpha value is -2.69. The molecule has 1 fully saturated rings. The number of aliphatic hydroxyl groups is 1. The second-order valence-electron chi connectivity index (χ2n) is 6.68. The van der Waals surface area contributed by atoms with E-state index >= 15 is 0 Å². The summed E-state index contributed by atoms with van der Waals surface area (Å²) in [7, 11) is 1.51. The molecular weight excluding hydrogens is 381 g/mol. The highest BCUT2D eigenvalue weighted by molar-refractivity contribution is 5.70. The highest BCUT2D eigenvalue weighted by atomic mass is 19.4. The third-order valence-corrected chi connectivity index (χ3v) is 4.78. The number of nitrogens with zero attached hydrogens (tertiary/aromatic N) is 4. The van der Waals surface area contributed by atoms with E-state index in [0.717, 1.165) is 6.07 Å². The Morgan fingerprint density at radius 2 is 2.14 bits per heavy atom. The minimum absolute atomic E-state index is 0.0453. The minimum atomic E-state index is -4.74. The molecule has 152 valence electrons. The lowest BCUT2D eigenvalue weighted by atomic mass is 9.87. The normalized spacial score (nSPS) is 20.2. The summed E-state index contributed by atoms with van der Waals surface area (Å²) in [5, 5.41) is 26.0. The van der Waals surface area contributed by atoms with E-state index in [2.05, 4.69) is 15.3 Å². The Balaban J connectivity index is 1.93. The first-order chi connectivity index (χ1) is 13.2. The number of aromatic nitrogens is 4. The van der Waals surface area contributed by atoms with Crippen molar-refractivity contribution in [1.29, 1.82) is 0 Å². The number of halogens is 3. The van der Waals surface area contributed by atoms with E-state index in [1.807, 2.05) is 0 Å². The highest BCUT2D eigenvalue weighted by Gasteiger charge is 2.38. The van der Waals surface area contributed by atoms with Crippen molar-refractivity contribution in [3.63, 3.8) is 0 Å². The molecule has 0 unspecified atom stereocenters. The van der Waals surface area contributed by atoms with Crippen molar-refractivity contribution in [3.8, 4) is 17.1 Å². The topological polar surface area (TPSA) is 110 Å². The Kier molecular flexibility index (Phi) is 5.54. The maximum atomic E-state index is 13.6. The van der Waals surface area contributed by atoms with Gasteiger partial charge in [-0.15, -0.1) is 5.10 Å². The van der Waals surface area contributed by atoms with Gasteiger partial charge in [0.2, 0.25) is 5.88 Å². The van der Waals surface area contributed by atoms with Crippen LogP contribution in [-0.4, -0.2) is 42.3 Å². The summed E-state index contributed by atoms with van der Waals surface area (Å²) in [6, 6.07) is 0.850. The van der Waals surface area contributed by atoms with E-state index < -0.39 is 42.2 Å². The zero-order valence-corrected chi connectivity index (χ0v) is 15.0. The Labute approximate surface area is 158 Å². The van der Waals surface area contributed by atoms with Crippen LogP contribution in [0, 0.1) is 5.92 Å². The molecule has 0 bridgehead atoms. The molecule has 0 amide bonds. The lowest BCUT2D eigenvalue weighted by molar-refractivity contribution is -0.145. The molecule has 3 rings (SSSR count). The molecule has 0 aliphatic heterocycles. The van der Waals surface area contributed by atoms with E-state index in [9.17, 15) is 23.1 Å². The number of carbonyl (C=O) groups is 1. The first-order valence-corrected chi connectivity index (χ1v) is 8.67. The van der Waals surface area contributed by atoms with E-state index in [0.29, 0.717) is 19.3 Å². The lowest BCUT2D eigenvalue weighted by Gasteiger charge is -2.27. The molecule has 1 aliphatic carbocycles. The summed E-state index contributed by atoms with van der Waals surface area (Å²) in [5.74, 6) is -2.22. The van der Waals surface area contributed by atoms with Gasteiger partial charge in [0.15, 0.2) is 0 Å². The molecule has 11 heteroatoms. The highest BCUT2D eigenvalue weighted by Crippen LogP contribution is 2.39. The number of carboxylic acid groups (broad SMARTS) is 1. The third-order valence-electron chi connectivity index (χ3n) is 4.78. The first kappa shape index (κ1) is 20.1. The average Bonchev–Trinajstić information content (AvgIpc) is 3.02. The van der Waals surface area contributed by atoms with Crippen LogP contribution in [0.2, 0.25) is 0 Å². The summed E-state index contributed by atoms with van der Waals surface area (Å²) in [4.78, 5) is 15.0. The molecule has 0 radical (unpaired) electrons. The SMILES string of the molecule is Cn1nnc(-c2cnc(O[C@H]3CCC[C@H](C(=O)O)C3)c(C(F)(F)F)c2)c1CO. The van der Waals surface area contributed by atoms with Gasteiger partial charge in [-0.3, -0.25) is 4.79 Å². The summed E-state index contributed by atoms with van der Waals surface area (Å²) in [5.41, 5.74) is -0.695. The number of pyridine rings is 1. The van der Waals surface area contributed by atoms with Gasteiger partial charge >= 0.3 is 12.1 Å². The van der Waals surface area contributed by atoms with E-state index in [4.69, 9.17) is 9.84 Å². The second kappa shape index (κ2) is 7.74. The molecule has 2 aromatic rings. The maximum Gasteiger partial charge on any atom is 0.421 e. The van der Waals surface area contributed by atoms with E-state index in [1.165, 1.54) is 17.9 Å². The molecule has 2 heterocycles. The van der Waals surface area contributed by atoms with Crippen LogP contribution in [0.3, 0.4) is 0 Å². The van der Waals surface area contributed by atoms with Gasteiger partial charge in [-0.25, -0.2) is 9.67 Å². The van der Waals surface area contributed by atoms with Crippen molar-refractivity contribution < 1.29 is 32.9 Å². The summed E-state index contributed by atoms with van der Waals surface area (Å²) < 4.78 is 47.5. The summed E-state index contributed by atoms with van der Waals surface area (Å²) in [6.45, 7) is -0.447. The number of aliphatic carboxylic acids is 1. The molecule has 8 nitrogen and oxygen atoms in total. The van der Waals surface area contributed by atoms with Crippen molar-refractivity contribution in [2.45, 2.75) is 44.6 Å². The van der Waals surface area contributed by atoms with Crippen molar-refractivity contribution in [2.75, 3.05) is 0 Å². The van der Waals surface area contributed by atoms with Gasteiger partial charge in [-0.05, 0) is 31.7 Å². The smallest absolute Gasteiger partial charge is 0.421 e. The molecule has 28 heavy (non-hydrogen) atoms. The molecule has 0 aromatic carbocycles. The van der Waals surface area contributed by atoms with Crippen LogP contribution in [0.15, 0.2) is 12.3 Å². The zero-order chi connectivity index (χ0) is 20.5. The van der Waals surface area contributed by atoms with Gasteiger partial charge in [-0.2, -0.15) is 13.2 Å². The number of alkyl halides is 3. The van der Waals surface area contributed by atoms with E-state index in [-0.39, 0.29) is 23.4 Å². The van der Waals surface area contributed by atoms with Gasteiger partial charge in [0, 0.05) is 18.8 Å². The largest absolute Gasteiger partial charge is 0.481 e. The van der Waals surface area contributed by atoms with Crippen LogP contribution >= 0.6 is 0 Å². The van der Waals surface area contributed by atoms with Gasteiger partial charge in [-0.1, -0.05) is 5.21 Å². The molecular formula is C17H19F3N4O4. The lowest BCUT2D eigenvalue weighted by Crippen LogP contribution is -2.30. The number of aliphatic hydroxyl groups excluding tert-OH is 1. The standard InChI is InChI=1S/C17H19F3N4O4/c1-24-13(8-25)14(22-23-24)10-6-12(17(18,19)20)15(21-7-10)28-11-4-2-3-9(5-11)16(26)27/h6-7,9,11,25H,2-5,8H2,1H3,(H,26,27)/t9-,11-/m0/s1. The Bertz CT molecular complexity index is 869. The number of hydrogen-bond acceptors (Lipinski definition) is 6. The molecule has 2 atom stereocenters. The van der Waals surface area contributed by atoms with Crippen LogP contribution < -0.4 is 4.74 Å². The quantitative estimate of drug-likeness (QED) is 0.793. The second-order valence-corrected chi connectivity index (χ2v) is 6.68. The van der Waals surface area contributed by atoms with Crippen LogP contribution in [-0.2, 0) is 24.6 Å². The van der Waals surface area contributed by atoms with Crippen LogP contribution in [0.5, 0.6) is 5.88 Å². The fourth-order valence-electron chi connectivity index (χ4n) is 3.29. The van der Waals surface area contributed by atoms with Gasteiger partial charge in [0.25, 0.3) is 0 Å². The van der Waals surface area contributed by atoms with Gasteiger partial charge < -0.3 is 14.9 Å². The summed E-state index contributed by atoms with van der Waals surface area (Å²) in [6.07, 6.45) is -2.59. The number of hydrogen-bond donors (Lipinski definition) is 2. The molecule has 1 saturated carbocycles. The van der Waals surface area contributed by atoms with Crippen LogP contribution in [0.4, 0.5) is 13.2 Å². The first-order valence-electron chi connectivity index (χ1n) is 8.67. The monoisotopic (exact) mass is 400 g/mol. The molecule has 0 saturated heterocycles. The fraction of sp³-hybridized carbons (Fsp3) is 0.529. The summed E-state index contributed by atoms with van der Waals surface area (Å²) >= 11 is 0. The average molecular weight is 400 g/mol.